The Bertz CT molecular complexity index is 2320. The predicted molar refractivity (Wildman–Crippen MR) is 215 cm³/mol. The van der Waals surface area contributed by atoms with E-state index < -0.39 is 53.4 Å². The van der Waals surface area contributed by atoms with Crippen LogP contribution in [0.1, 0.15) is 61.3 Å². The number of rotatable bonds is 13. The van der Waals surface area contributed by atoms with Crippen LogP contribution < -0.4 is 24.4 Å². The van der Waals surface area contributed by atoms with Gasteiger partial charge in [0.1, 0.15) is 65.4 Å². The number of aliphatic imine (C=N–C) groups is 3. The fraction of sp³-hybridized carbons (Fsp3) is 0.372. The number of ether oxygens (including phenoxy) is 5. The Hall–Kier alpha value is -6.27. The Labute approximate surface area is 343 Å². The average Bonchev–Trinajstić information content (AvgIpc) is 3.94. The molecule has 314 valence electrons. The Morgan fingerprint density at radius 2 is 1.77 bits per heavy atom. The molecular weight excluding hydrogens is 780 g/mol. The number of phenolic OH excluding ortho intramolecular Hbond substituents is 2. The van der Waals surface area contributed by atoms with E-state index in [9.17, 15) is 40.5 Å². The lowest BCUT2D eigenvalue weighted by Gasteiger charge is -2.57. The molecule has 5 aliphatic rings. The average molecular weight is 826 g/mol. The number of amidine groups is 1. The maximum Gasteiger partial charge on any atom is 0.336 e. The molecule has 8 rings (SSSR count). The van der Waals surface area contributed by atoms with Crippen LogP contribution in [0.5, 0.6) is 34.5 Å². The number of nitrogens with two attached hydrogens (primary N) is 1. The van der Waals surface area contributed by atoms with Crippen molar-refractivity contribution in [3.8, 4) is 34.5 Å². The van der Waals surface area contributed by atoms with Gasteiger partial charge in [0, 0.05) is 30.1 Å². The summed E-state index contributed by atoms with van der Waals surface area (Å²) in [7, 11) is 0. The molecular formula is C43H45N4O13+. The van der Waals surface area contributed by atoms with Gasteiger partial charge in [-0.05, 0) is 59.3 Å². The second kappa shape index (κ2) is 16.4. The molecule has 2 fully saturated rings. The monoisotopic (exact) mass is 825 g/mol. The zero-order chi connectivity index (χ0) is 42.2. The summed E-state index contributed by atoms with van der Waals surface area (Å²) in [5.41, 5.74) is -1.86. The van der Waals surface area contributed by atoms with Crippen LogP contribution in [0.3, 0.4) is 0 Å². The molecule has 6 atom stereocenters. The summed E-state index contributed by atoms with van der Waals surface area (Å²) < 4.78 is 30.1. The van der Waals surface area contributed by atoms with Crippen LogP contribution in [0.2, 0.25) is 0 Å². The SMILES string of the molecule is [NH2+]=C1C=CC(CCOc2ccc(C3C=C(O)c4c(cc(O[C@@H]5O[C@H](C(=O)O)[C@](O)(C6(C7=NC=NC7)CCCCC6)[C@@H](O)[C@H]5O)c(OCc5cccc(O)c5)c4O)O3)cc2)=N1. The second-order valence-corrected chi connectivity index (χ2v) is 15.3. The van der Waals surface area contributed by atoms with E-state index in [0.29, 0.717) is 54.3 Å². The molecule has 1 saturated heterocycles. The Morgan fingerprint density at radius 3 is 2.45 bits per heavy atom. The highest BCUT2D eigenvalue weighted by Crippen LogP contribution is 2.55. The largest absolute Gasteiger partial charge is 0.508 e. The molecule has 17 heteroatoms. The van der Waals surface area contributed by atoms with Gasteiger partial charge in [-0.15, -0.1) is 0 Å². The molecule has 1 saturated carbocycles. The highest BCUT2D eigenvalue weighted by atomic mass is 16.7. The van der Waals surface area contributed by atoms with Crippen LogP contribution in [0.4, 0.5) is 0 Å². The summed E-state index contributed by atoms with van der Waals surface area (Å²) in [6.45, 7) is 0.198. The van der Waals surface area contributed by atoms with Crippen molar-refractivity contribution in [3.05, 3.63) is 89.5 Å². The molecule has 60 heavy (non-hydrogen) atoms. The summed E-state index contributed by atoms with van der Waals surface area (Å²) in [5, 5.41) is 85.3. The maximum atomic E-state index is 13.0. The first-order valence-corrected chi connectivity index (χ1v) is 19.6. The number of aliphatic carboxylic acids is 1. The van der Waals surface area contributed by atoms with Gasteiger partial charge in [-0.25, -0.2) is 9.79 Å². The lowest BCUT2D eigenvalue weighted by Crippen LogP contribution is -2.76. The number of hydrogen-bond donors (Lipinski definition) is 8. The maximum absolute atomic E-state index is 13.0. The van der Waals surface area contributed by atoms with E-state index in [4.69, 9.17) is 29.1 Å². The number of carbonyl (C=O) groups is 1. The first kappa shape index (κ1) is 40.5. The summed E-state index contributed by atoms with van der Waals surface area (Å²) >= 11 is 0. The molecule has 17 nitrogen and oxygen atoms in total. The number of nitrogens with zero attached hydrogens (tertiary/aromatic N) is 3. The fourth-order valence-corrected chi connectivity index (χ4v) is 8.64. The van der Waals surface area contributed by atoms with Crippen molar-refractivity contribution in [1.82, 2.24) is 0 Å². The standard InChI is InChI=1S/C43H44N4O13/c44-33-12-9-25(47-33)13-16-56-27-10-7-24(8-11-27)29-18-28(49)34-30(58-29)19-31(37(35(34)50)57-21-23-5-4-6-26(48)17-23)59-41-36(51)38(52)43(55,39(60-41)40(53)54)42(14-2-1-3-15-42)32-20-45-22-46-32/h4-12,17-19,22,29,36,38-39,41,44,48-52,55H,1-3,13-16,20-21H2,(H,53,54)/p+1/t29?,36-,38+,39-,41-,43+/m1/s1. The van der Waals surface area contributed by atoms with Crippen molar-refractivity contribution in [3.63, 3.8) is 0 Å². The van der Waals surface area contributed by atoms with Crippen LogP contribution in [-0.4, -0.2) is 109 Å². The third kappa shape index (κ3) is 7.44. The number of allylic oxidation sites excluding steroid dienone is 1. The Balaban J connectivity index is 1.09. The van der Waals surface area contributed by atoms with Gasteiger partial charge in [-0.2, -0.15) is 0 Å². The molecule has 9 N–H and O–H groups in total. The number of carboxylic acids is 1. The van der Waals surface area contributed by atoms with E-state index >= 15 is 0 Å². The molecule has 0 spiro atoms. The van der Waals surface area contributed by atoms with Gasteiger partial charge in [-0.1, -0.05) is 43.5 Å². The van der Waals surface area contributed by atoms with Gasteiger partial charge in [-0.3, -0.25) is 10.4 Å². The molecule has 1 aliphatic carbocycles. The summed E-state index contributed by atoms with van der Waals surface area (Å²) in [5.74, 6) is -2.47. The molecule has 4 heterocycles. The minimum Gasteiger partial charge on any atom is -0.508 e. The first-order valence-electron chi connectivity index (χ1n) is 19.6. The van der Waals surface area contributed by atoms with Crippen LogP contribution in [0.15, 0.2) is 87.8 Å². The van der Waals surface area contributed by atoms with Crippen molar-refractivity contribution in [2.24, 2.45) is 20.4 Å². The molecule has 1 unspecified atom stereocenters. The number of aliphatic hydroxyl groups excluding tert-OH is 3. The highest BCUT2D eigenvalue weighted by molar-refractivity contribution is 6.13. The quantitative estimate of drug-likeness (QED) is 0.123. The molecule has 0 aromatic heterocycles. The number of phenols is 2. The molecule has 0 radical (unpaired) electrons. The Morgan fingerprint density at radius 1 is 0.983 bits per heavy atom. The third-order valence-electron chi connectivity index (χ3n) is 11.6. The number of hydrogen-bond acceptors (Lipinski definition) is 14. The third-order valence-corrected chi connectivity index (χ3v) is 11.6. The number of fused-ring (bicyclic) bond motifs is 1. The second-order valence-electron chi connectivity index (χ2n) is 15.3. The van der Waals surface area contributed by atoms with E-state index in [1.54, 1.807) is 42.5 Å². The molecule has 0 amide bonds. The van der Waals surface area contributed by atoms with Gasteiger partial charge < -0.3 is 59.4 Å². The van der Waals surface area contributed by atoms with Gasteiger partial charge >= 0.3 is 11.8 Å². The molecule has 3 aromatic rings. The van der Waals surface area contributed by atoms with Crippen molar-refractivity contribution in [2.45, 2.75) is 81.4 Å². The van der Waals surface area contributed by atoms with Crippen molar-refractivity contribution < 1.29 is 69.6 Å². The predicted octanol–water partition coefficient (Wildman–Crippen LogP) is 2.72. The number of benzene rings is 3. The van der Waals surface area contributed by atoms with E-state index in [2.05, 4.69) is 15.0 Å². The molecule has 4 aliphatic heterocycles. The van der Waals surface area contributed by atoms with E-state index in [-0.39, 0.29) is 60.3 Å². The van der Waals surface area contributed by atoms with Crippen LogP contribution in [-0.2, 0) is 16.1 Å². The highest BCUT2D eigenvalue weighted by Gasteiger charge is 2.69. The zero-order valence-corrected chi connectivity index (χ0v) is 32.3. The minimum absolute atomic E-state index is 0.0477. The summed E-state index contributed by atoms with van der Waals surface area (Å²) in [4.78, 5) is 25.7. The smallest absolute Gasteiger partial charge is 0.336 e. The number of aliphatic hydroxyl groups is 4. The van der Waals surface area contributed by atoms with Crippen molar-refractivity contribution in [2.75, 3.05) is 13.2 Å². The lowest BCUT2D eigenvalue weighted by molar-refractivity contribution is -0.326. The van der Waals surface area contributed by atoms with Gasteiger partial charge in [0.15, 0.2) is 23.3 Å². The zero-order valence-electron chi connectivity index (χ0n) is 32.3. The van der Waals surface area contributed by atoms with Gasteiger partial charge in [0.25, 0.3) is 0 Å². The normalized spacial score (nSPS) is 26.7. The number of aromatic hydroxyl groups is 2. The van der Waals surface area contributed by atoms with Gasteiger partial charge in [0.05, 0.1) is 18.9 Å². The Kier molecular flexibility index (Phi) is 11.1. The lowest BCUT2D eigenvalue weighted by atomic mass is 9.55. The van der Waals surface area contributed by atoms with Gasteiger partial charge in [0.2, 0.25) is 12.0 Å². The molecule has 3 aromatic carbocycles. The van der Waals surface area contributed by atoms with Crippen molar-refractivity contribution >= 4 is 35.3 Å². The fourth-order valence-electron chi connectivity index (χ4n) is 8.64. The van der Waals surface area contributed by atoms with E-state index in [1.807, 2.05) is 6.08 Å². The van der Waals surface area contributed by atoms with Crippen LogP contribution in [0.25, 0.3) is 5.76 Å². The summed E-state index contributed by atoms with van der Waals surface area (Å²) in [6, 6.07) is 14.3. The topological polar surface area (TPSA) is 268 Å². The van der Waals surface area contributed by atoms with E-state index in [0.717, 1.165) is 12.1 Å². The van der Waals surface area contributed by atoms with E-state index in [1.165, 1.54) is 30.6 Å². The number of carboxylic acid groups (broad SMARTS) is 1. The van der Waals surface area contributed by atoms with Crippen LogP contribution in [0, 0.1) is 5.41 Å². The molecule has 0 bridgehead atoms. The van der Waals surface area contributed by atoms with Crippen molar-refractivity contribution in [1.29, 1.82) is 0 Å². The summed E-state index contributed by atoms with van der Waals surface area (Å²) in [6.07, 6.45) is 0.158. The first-order chi connectivity index (χ1) is 28.9. The minimum atomic E-state index is -2.57. The van der Waals surface area contributed by atoms with Crippen LogP contribution >= 0.6 is 0 Å².